The summed E-state index contributed by atoms with van der Waals surface area (Å²) in [6.07, 6.45) is 1.54. The molecule has 0 saturated carbocycles. The molecule has 2 rings (SSSR count). The predicted molar refractivity (Wildman–Crippen MR) is 82.0 cm³/mol. The van der Waals surface area contributed by atoms with Crippen LogP contribution in [-0.4, -0.2) is 17.1 Å². The standard InChI is InChI=1S/C15H15ClN2O3/c1-2-21-13-7-4-8-18(15(13)20)10-14(19)17-12-6-3-5-11(16)9-12/h3-9H,2,10H2,1H3,(H,17,19). The van der Waals surface area contributed by atoms with Gasteiger partial charge < -0.3 is 14.6 Å². The Labute approximate surface area is 127 Å². The number of ether oxygens (including phenoxy) is 1. The normalized spacial score (nSPS) is 10.2. The molecule has 0 atom stereocenters. The van der Waals surface area contributed by atoms with Gasteiger partial charge in [0.15, 0.2) is 5.75 Å². The second kappa shape index (κ2) is 6.95. The number of aromatic nitrogens is 1. The van der Waals surface area contributed by atoms with E-state index >= 15 is 0 Å². The van der Waals surface area contributed by atoms with Gasteiger partial charge in [-0.15, -0.1) is 0 Å². The summed E-state index contributed by atoms with van der Waals surface area (Å²) in [5, 5.41) is 3.22. The SMILES string of the molecule is CCOc1cccn(CC(=O)Nc2cccc(Cl)c2)c1=O. The molecule has 1 aromatic heterocycles. The number of anilines is 1. The fourth-order valence-electron chi connectivity index (χ4n) is 1.83. The second-order valence-electron chi connectivity index (χ2n) is 4.30. The molecule has 0 fully saturated rings. The number of carbonyl (C=O) groups excluding carboxylic acids is 1. The van der Waals surface area contributed by atoms with Crippen molar-refractivity contribution in [2.24, 2.45) is 0 Å². The minimum absolute atomic E-state index is 0.0910. The van der Waals surface area contributed by atoms with Crippen molar-refractivity contribution in [3.05, 3.63) is 58.0 Å². The van der Waals surface area contributed by atoms with E-state index < -0.39 is 0 Å². The summed E-state index contributed by atoms with van der Waals surface area (Å²) in [6.45, 7) is 2.10. The summed E-state index contributed by atoms with van der Waals surface area (Å²) in [7, 11) is 0. The van der Waals surface area contributed by atoms with Crippen LogP contribution in [0.25, 0.3) is 0 Å². The van der Waals surface area contributed by atoms with Crippen molar-refractivity contribution in [3.63, 3.8) is 0 Å². The third-order valence-corrected chi connectivity index (χ3v) is 2.94. The Morgan fingerprint density at radius 1 is 1.33 bits per heavy atom. The van der Waals surface area contributed by atoms with Crippen molar-refractivity contribution in [1.29, 1.82) is 0 Å². The van der Waals surface area contributed by atoms with Crippen LogP contribution in [0.4, 0.5) is 5.69 Å². The van der Waals surface area contributed by atoms with Crippen molar-refractivity contribution in [1.82, 2.24) is 4.57 Å². The minimum Gasteiger partial charge on any atom is -0.488 e. The molecule has 1 heterocycles. The van der Waals surface area contributed by atoms with Crippen molar-refractivity contribution in [2.45, 2.75) is 13.5 Å². The first-order valence-electron chi connectivity index (χ1n) is 6.48. The van der Waals surface area contributed by atoms with Crippen LogP contribution in [0, 0.1) is 0 Å². The van der Waals surface area contributed by atoms with Crippen LogP contribution in [-0.2, 0) is 11.3 Å². The monoisotopic (exact) mass is 306 g/mol. The van der Waals surface area contributed by atoms with E-state index in [2.05, 4.69) is 5.32 Å². The van der Waals surface area contributed by atoms with Crippen molar-refractivity contribution < 1.29 is 9.53 Å². The number of benzene rings is 1. The number of amides is 1. The van der Waals surface area contributed by atoms with Crippen molar-refractivity contribution >= 4 is 23.2 Å². The quantitative estimate of drug-likeness (QED) is 0.923. The van der Waals surface area contributed by atoms with E-state index in [-0.39, 0.29) is 23.8 Å². The highest BCUT2D eigenvalue weighted by Crippen LogP contribution is 2.14. The summed E-state index contributed by atoms with van der Waals surface area (Å²) < 4.78 is 6.51. The lowest BCUT2D eigenvalue weighted by Gasteiger charge is -2.09. The number of nitrogens with one attached hydrogen (secondary N) is 1. The maximum absolute atomic E-state index is 12.0. The van der Waals surface area contributed by atoms with Gasteiger partial charge in [0, 0.05) is 16.9 Å². The number of nitrogens with zero attached hydrogens (tertiary/aromatic N) is 1. The number of halogens is 1. The molecule has 0 aliphatic heterocycles. The first-order valence-corrected chi connectivity index (χ1v) is 6.85. The van der Waals surface area contributed by atoms with E-state index in [9.17, 15) is 9.59 Å². The highest BCUT2D eigenvalue weighted by Gasteiger charge is 2.08. The van der Waals surface area contributed by atoms with Crippen molar-refractivity contribution in [2.75, 3.05) is 11.9 Å². The maximum atomic E-state index is 12.0. The largest absolute Gasteiger partial charge is 0.488 e. The van der Waals surface area contributed by atoms with Gasteiger partial charge >= 0.3 is 0 Å². The smallest absolute Gasteiger partial charge is 0.293 e. The summed E-state index contributed by atoms with van der Waals surface area (Å²) >= 11 is 5.85. The van der Waals surface area contributed by atoms with Crippen molar-refractivity contribution in [3.8, 4) is 5.75 Å². The predicted octanol–water partition coefficient (Wildman–Crippen LogP) is 2.54. The molecule has 0 radical (unpaired) electrons. The van der Waals surface area contributed by atoms with Crippen LogP contribution in [0.15, 0.2) is 47.4 Å². The molecule has 110 valence electrons. The lowest BCUT2D eigenvalue weighted by molar-refractivity contribution is -0.116. The third kappa shape index (κ3) is 4.10. The fourth-order valence-corrected chi connectivity index (χ4v) is 2.02. The topological polar surface area (TPSA) is 60.3 Å². The van der Waals surface area contributed by atoms with E-state index in [1.54, 1.807) is 49.5 Å². The van der Waals surface area contributed by atoms with Gasteiger partial charge in [0.2, 0.25) is 5.91 Å². The maximum Gasteiger partial charge on any atom is 0.293 e. The van der Waals surface area contributed by atoms with Crippen LogP contribution in [0.3, 0.4) is 0 Å². The molecule has 2 aromatic rings. The molecular formula is C15H15ClN2O3. The summed E-state index contributed by atoms with van der Waals surface area (Å²) in [4.78, 5) is 24.0. The minimum atomic E-state index is -0.333. The first kappa shape index (κ1) is 15.1. The van der Waals surface area contributed by atoms with E-state index in [0.717, 1.165) is 0 Å². The number of hydrogen-bond donors (Lipinski definition) is 1. The summed E-state index contributed by atoms with van der Waals surface area (Å²) in [6, 6.07) is 10.1. The van der Waals surface area contributed by atoms with Crippen LogP contribution in [0.2, 0.25) is 5.02 Å². The van der Waals surface area contributed by atoms with Gasteiger partial charge in [-0.1, -0.05) is 17.7 Å². The second-order valence-corrected chi connectivity index (χ2v) is 4.73. The molecule has 5 nitrogen and oxygen atoms in total. The molecule has 0 spiro atoms. The van der Waals surface area contributed by atoms with Crippen LogP contribution in [0.1, 0.15) is 6.92 Å². The van der Waals surface area contributed by atoms with E-state index in [4.69, 9.17) is 16.3 Å². The van der Waals surface area contributed by atoms with Gasteiger partial charge in [0.05, 0.1) is 6.61 Å². The van der Waals surface area contributed by atoms with E-state index in [0.29, 0.717) is 17.3 Å². The molecule has 1 N–H and O–H groups in total. The molecule has 1 aromatic carbocycles. The van der Waals surface area contributed by atoms with Gasteiger partial charge in [-0.25, -0.2) is 0 Å². The molecule has 1 amide bonds. The lowest BCUT2D eigenvalue weighted by Crippen LogP contribution is -2.27. The van der Waals surface area contributed by atoms with Crippen LogP contribution < -0.4 is 15.6 Å². The number of rotatable bonds is 5. The molecule has 0 aliphatic rings. The molecular weight excluding hydrogens is 292 g/mol. The van der Waals surface area contributed by atoms with Gasteiger partial charge in [-0.3, -0.25) is 9.59 Å². The number of pyridine rings is 1. The first-order chi connectivity index (χ1) is 10.1. The molecule has 6 heteroatoms. The average molecular weight is 307 g/mol. The highest BCUT2D eigenvalue weighted by molar-refractivity contribution is 6.30. The van der Waals surface area contributed by atoms with E-state index in [1.165, 1.54) is 4.57 Å². The van der Waals surface area contributed by atoms with Crippen LogP contribution >= 0.6 is 11.6 Å². The molecule has 0 aliphatic carbocycles. The highest BCUT2D eigenvalue weighted by atomic mass is 35.5. The zero-order valence-electron chi connectivity index (χ0n) is 11.5. The Hall–Kier alpha value is -2.27. The Bertz CT molecular complexity index is 697. The molecule has 21 heavy (non-hydrogen) atoms. The summed E-state index contributed by atoms with van der Waals surface area (Å²) in [5.41, 5.74) is 0.252. The van der Waals surface area contributed by atoms with Gasteiger partial charge in [0.25, 0.3) is 5.56 Å². The Morgan fingerprint density at radius 2 is 2.14 bits per heavy atom. The summed E-state index contributed by atoms with van der Waals surface area (Å²) in [5.74, 6) is -0.0800. The average Bonchev–Trinajstić information content (AvgIpc) is 2.43. The zero-order valence-corrected chi connectivity index (χ0v) is 12.3. The zero-order chi connectivity index (χ0) is 15.2. The van der Waals surface area contributed by atoms with E-state index in [1.807, 2.05) is 0 Å². The number of hydrogen-bond acceptors (Lipinski definition) is 3. The Morgan fingerprint density at radius 3 is 2.86 bits per heavy atom. The van der Waals surface area contributed by atoms with Gasteiger partial charge in [0.1, 0.15) is 6.54 Å². The molecule has 0 saturated heterocycles. The van der Waals surface area contributed by atoms with Gasteiger partial charge in [-0.2, -0.15) is 0 Å². The van der Waals surface area contributed by atoms with Crippen LogP contribution in [0.5, 0.6) is 5.75 Å². The molecule has 0 unspecified atom stereocenters. The van der Waals surface area contributed by atoms with Gasteiger partial charge in [-0.05, 0) is 37.3 Å². The third-order valence-electron chi connectivity index (χ3n) is 2.71. The Kier molecular flexibility index (Phi) is 5.00. The lowest BCUT2D eigenvalue weighted by atomic mass is 10.3. The Balaban J connectivity index is 2.09. The molecule has 0 bridgehead atoms. The number of carbonyl (C=O) groups is 1. The fraction of sp³-hybridized carbons (Fsp3) is 0.200.